The van der Waals surface area contributed by atoms with Crippen molar-refractivity contribution in [3.63, 3.8) is 0 Å². The van der Waals surface area contributed by atoms with Gasteiger partial charge in [-0.15, -0.1) is 0 Å². The normalized spacial score (nSPS) is 18.3. The van der Waals surface area contributed by atoms with E-state index < -0.39 is 48.8 Å². The van der Waals surface area contributed by atoms with Crippen molar-refractivity contribution in [3.8, 4) is 0 Å². The molecular weight excluding hydrogens is 443 g/mol. The Morgan fingerprint density at radius 3 is 2.29 bits per heavy atom. The van der Waals surface area contributed by atoms with Crippen LogP contribution < -0.4 is 4.72 Å². The molecule has 1 amide bonds. The predicted molar refractivity (Wildman–Crippen MR) is 114 cm³/mol. The highest BCUT2D eigenvalue weighted by Crippen LogP contribution is 2.25. The van der Waals surface area contributed by atoms with E-state index in [1.54, 1.807) is 32.0 Å². The molecule has 1 N–H and O–H groups in total. The molecule has 0 saturated carbocycles. The number of hydrogen-bond donors (Lipinski definition) is 1. The average Bonchev–Trinajstić information content (AvgIpc) is 3.23. The van der Waals surface area contributed by atoms with Crippen molar-refractivity contribution in [2.45, 2.75) is 41.4 Å². The summed E-state index contributed by atoms with van der Waals surface area (Å²) in [5.41, 5.74) is 0. The van der Waals surface area contributed by atoms with E-state index >= 15 is 0 Å². The van der Waals surface area contributed by atoms with Crippen LogP contribution in [0, 0.1) is 11.7 Å². The molecule has 0 spiro atoms. The van der Waals surface area contributed by atoms with Crippen molar-refractivity contribution in [2.75, 3.05) is 13.1 Å². The third-order valence-electron chi connectivity index (χ3n) is 5.29. The lowest BCUT2D eigenvalue weighted by molar-refractivity contribution is -0.132. The molecule has 168 valence electrons. The molecule has 7 nitrogen and oxygen atoms in total. The fraction of sp³-hybridized carbons (Fsp3) is 0.381. The molecule has 1 saturated heterocycles. The topological polar surface area (TPSA) is 101 Å². The van der Waals surface area contributed by atoms with Crippen LogP contribution in [-0.4, -0.2) is 52.0 Å². The monoisotopic (exact) mass is 468 g/mol. The van der Waals surface area contributed by atoms with E-state index in [-0.39, 0.29) is 29.3 Å². The molecule has 1 fully saturated rings. The third kappa shape index (κ3) is 5.13. The number of nitrogens with one attached hydrogen (secondary N) is 1. The summed E-state index contributed by atoms with van der Waals surface area (Å²) >= 11 is 0. The third-order valence-corrected chi connectivity index (χ3v) is 8.92. The summed E-state index contributed by atoms with van der Waals surface area (Å²) in [6.07, 6.45) is 0.268. The molecule has 1 heterocycles. The molecule has 10 heteroatoms. The van der Waals surface area contributed by atoms with Gasteiger partial charge < -0.3 is 4.90 Å². The molecular formula is C21H25FN2O5S2. The van der Waals surface area contributed by atoms with Gasteiger partial charge in [0.25, 0.3) is 0 Å². The second-order valence-electron chi connectivity index (χ2n) is 7.85. The highest BCUT2D eigenvalue weighted by atomic mass is 32.2. The number of carbonyl (C=O) groups excluding carboxylic acids is 1. The number of likely N-dealkylation sites (tertiary alicyclic amines) is 1. The first kappa shape index (κ1) is 23.4. The molecule has 1 aliphatic rings. The largest absolute Gasteiger partial charge is 0.340 e. The summed E-state index contributed by atoms with van der Waals surface area (Å²) < 4.78 is 66.9. The first-order chi connectivity index (χ1) is 14.5. The molecule has 1 aliphatic heterocycles. The molecule has 3 rings (SSSR count). The molecule has 0 bridgehead atoms. The lowest BCUT2D eigenvalue weighted by Crippen LogP contribution is -2.50. The van der Waals surface area contributed by atoms with Gasteiger partial charge in [0.1, 0.15) is 11.9 Å². The van der Waals surface area contributed by atoms with E-state index in [1.165, 1.54) is 29.2 Å². The van der Waals surface area contributed by atoms with Crippen LogP contribution in [-0.2, 0) is 24.7 Å². The molecule has 2 unspecified atom stereocenters. The zero-order chi connectivity index (χ0) is 22.8. The Balaban J connectivity index is 1.77. The van der Waals surface area contributed by atoms with Gasteiger partial charge in [-0.05, 0) is 42.7 Å². The zero-order valence-corrected chi connectivity index (χ0v) is 18.9. The summed E-state index contributed by atoms with van der Waals surface area (Å²) in [5.74, 6) is -1.61. The van der Waals surface area contributed by atoms with Crippen LogP contribution >= 0.6 is 0 Å². The highest BCUT2D eigenvalue weighted by molar-refractivity contribution is 7.92. The van der Waals surface area contributed by atoms with Crippen molar-refractivity contribution in [1.82, 2.24) is 9.62 Å². The van der Waals surface area contributed by atoms with Gasteiger partial charge in [0.05, 0.1) is 15.0 Å². The minimum atomic E-state index is -4.14. The summed E-state index contributed by atoms with van der Waals surface area (Å²) in [4.78, 5) is 14.4. The number of sulfone groups is 1. The first-order valence-electron chi connectivity index (χ1n) is 9.88. The lowest BCUT2D eigenvalue weighted by Gasteiger charge is -2.27. The van der Waals surface area contributed by atoms with E-state index in [0.29, 0.717) is 0 Å². The van der Waals surface area contributed by atoms with E-state index in [0.717, 1.165) is 12.1 Å². The average molecular weight is 469 g/mol. The van der Waals surface area contributed by atoms with Crippen LogP contribution in [0.5, 0.6) is 0 Å². The molecule has 31 heavy (non-hydrogen) atoms. The van der Waals surface area contributed by atoms with Crippen LogP contribution in [0.1, 0.15) is 20.3 Å². The Morgan fingerprint density at radius 2 is 1.68 bits per heavy atom. The fourth-order valence-electron chi connectivity index (χ4n) is 3.52. The zero-order valence-electron chi connectivity index (χ0n) is 17.2. The smallest absolute Gasteiger partial charge is 0.241 e. The van der Waals surface area contributed by atoms with Gasteiger partial charge in [0, 0.05) is 13.1 Å². The SMILES string of the molecule is CC(C)C(NS(=O)(=O)c1cccc(F)c1)C(=O)N1CCC(S(=O)(=O)c2ccccc2)C1. The van der Waals surface area contributed by atoms with Crippen LogP contribution in [0.15, 0.2) is 64.4 Å². The Bertz CT molecular complexity index is 1150. The minimum Gasteiger partial charge on any atom is -0.340 e. The number of hydrogen-bond acceptors (Lipinski definition) is 5. The lowest BCUT2D eigenvalue weighted by atomic mass is 10.0. The second kappa shape index (κ2) is 9.05. The van der Waals surface area contributed by atoms with Crippen LogP contribution in [0.3, 0.4) is 0 Å². The van der Waals surface area contributed by atoms with Gasteiger partial charge in [-0.3, -0.25) is 4.79 Å². The van der Waals surface area contributed by atoms with Gasteiger partial charge >= 0.3 is 0 Å². The van der Waals surface area contributed by atoms with Crippen molar-refractivity contribution < 1.29 is 26.0 Å². The Kier molecular flexibility index (Phi) is 6.82. The quantitative estimate of drug-likeness (QED) is 0.672. The number of rotatable bonds is 7. The molecule has 0 aromatic heterocycles. The van der Waals surface area contributed by atoms with Crippen molar-refractivity contribution in [2.24, 2.45) is 5.92 Å². The Hall–Kier alpha value is -2.30. The Morgan fingerprint density at radius 1 is 1.03 bits per heavy atom. The van der Waals surface area contributed by atoms with Gasteiger partial charge in [-0.2, -0.15) is 4.72 Å². The molecule has 2 aromatic carbocycles. The fourth-order valence-corrected chi connectivity index (χ4v) is 6.60. The van der Waals surface area contributed by atoms with Crippen LogP contribution in [0.2, 0.25) is 0 Å². The maximum Gasteiger partial charge on any atom is 0.241 e. The molecule has 2 atom stereocenters. The standard InChI is InChI=1S/C21H25FN2O5S2/c1-15(2)20(23-31(28,29)18-10-6-7-16(22)13-18)21(25)24-12-11-19(14-24)30(26,27)17-8-4-3-5-9-17/h3-10,13,15,19-20,23H,11-12,14H2,1-2H3. The number of benzene rings is 2. The van der Waals surface area contributed by atoms with E-state index in [1.807, 2.05) is 0 Å². The van der Waals surface area contributed by atoms with E-state index in [9.17, 15) is 26.0 Å². The van der Waals surface area contributed by atoms with Crippen LogP contribution in [0.4, 0.5) is 4.39 Å². The molecule has 0 aliphatic carbocycles. The number of halogens is 1. The number of carbonyl (C=O) groups is 1. The minimum absolute atomic E-state index is 0.0129. The maximum absolute atomic E-state index is 13.5. The first-order valence-corrected chi connectivity index (χ1v) is 12.9. The molecule has 0 radical (unpaired) electrons. The van der Waals surface area contributed by atoms with Crippen molar-refractivity contribution in [1.29, 1.82) is 0 Å². The van der Waals surface area contributed by atoms with Crippen molar-refractivity contribution in [3.05, 3.63) is 60.4 Å². The summed E-state index contributed by atoms with van der Waals surface area (Å²) in [7, 11) is -7.75. The summed E-state index contributed by atoms with van der Waals surface area (Å²) in [6.45, 7) is 3.57. The van der Waals surface area contributed by atoms with Gasteiger partial charge in [-0.1, -0.05) is 38.1 Å². The second-order valence-corrected chi connectivity index (χ2v) is 11.8. The van der Waals surface area contributed by atoms with Gasteiger partial charge in [0.2, 0.25) is 15.9 Å². The van der Waals surface area contributed by atoms with E-state index in [2.05, 4.69) is 4.72 Å². The number of nitrogens with zero attached hydrogens (tertiary/aromatic N) is 1. The van der Waals surface area contributed by atoms with Crippen LogP contribution in [0.25, 0.3) is 0 Å². The predicted octanol–water partition coefficient (Wildman–Crippen LogP) is 2.20. The Labute approximate surface area is 182 Å². The van der Waals surface area contributed by atoms with Crippen molar-refractivity contribution >= 4 is 25.8 Å². The number of amides is 1. The summed E-state index contributed by atoms with van der Waals surface area (Å²) in [6, 6.07) is 11.5. The highest BCUT2D eigenvalue weighted by Gasteiger charge is 2.39. The van der Waals surface area contributed by atoms with E-state index in [4.69, 9.17) is 0 Å². The van der Waals surface area contributed by atoms with Gasteiger partial charge in [-0.25, -0.2) is 21.2 Å². The summed E-state index contributed by atoms with van der Waals surface area (Å²) in [5, 5.41) is -0.758. The molecule has 2 aromatic rings. The van der Waals surface area contributed by atoms with Gasteiger partial charge in [0.15, 0.2) is 9.84 Å². The number of sulfonamides is 1. The maximum atomic E-state index is 13.5.